The third-order valence-corrected chi connectivity index (χ3v) is 5.46. The second-order valence-corrected chi connectivity index (χ2v) is 6.99. The standard InChI is InChI=1S/C15H25NO/c1-9(2)15(17)16-8-14-12-4-10-3-11(6-12)7-13(14)5-10/h9-14H,3-8H2,1-2H3,(H,16,17). The van der Waals surface area contributed by atoms with Crippen LogP contribution < -0.4 is 5.32 Å². The maximum Gasteiger partial charge on any atom is 0.222 e. The second kappa shape index (κ2) is 4.29. The van der Waals surface area contributed by atoms with Crippen LogP contribution in [-0.4, -0.2) is 12.5 Å². The summed E-state index contributed by atoms with van der Waals surface area (Å²) in [5.74, 6) is 5.10. The lowest BCUT2D eigenvalue weighted by Gasteiger charge is -2.54. The van der Waals surface area contributed by atoms with E-state index in [4.69, 9.17) is 0 Å². The van der Waals surface area contributed by atoms with Crippen molar-refractivity contribution in [1.82, 2.24) is 5.32 Å². The van der Waals surface area contributed by atoms with Gasteiger partial charge in [0.05, 0.1) is 0 Å². The predicted molar refractivity (Wildman–Crippen MR) is 68.4 cm³/mol. The summed E-state index contributed by atoms with van der Waals surface area (Å²) in [4.78, 5) is 11.7. The molecule has 4 rings (SSSR count). The van der Waals surface area contributed by atoms with Crippen LogP contribution in [0.5, 0.6) is 0 Å². The lowest BCUT2D eigenvalue weighted by molar-refractivity contribution is -0.125. The molecule has 0 aliphatic heterocycles. The molecule has 0 unspecified atom stereocenters. The van der Waals surface area contributed by atoms with Crippen LogP contribution in [0.1, 0.15) is 46.0 Å². The van der Waals surface area contributed by atoms with E-state index in [1.165, 1.54) is 32.1 Å². The largest absolute Gasteiger partial charge is 0.356 e. The highest BCUT2D eigenvalue weighted by Gasteiger charge is 2.47. The van der Waals surface area contributed by atoms with Gasteiger partial charge in [-0.25, -0.2) is 0 Å². The summed E-state index contributed by atoms with van der Waals surface area (Å²) in [7, 11) is 0. The minimum Gasteiger partial charge on any atom is -0.356 e. The van der Waals surface area contributed by atoms with Crippen LogP contribution in [-0.2, 0) is 4.79 Å². The molecule has 0 aromatic heterocycles. The molecule has 0 atom stereocenters. The van der Waals surface area contributed by atoms with Crippen molar-refractivity contribution in [2.24, 2.45) is 35.5 Å². The van der Waals surface area contributed by atoms with Gasteiger partial charge in [-0.05, 0) is 61.7 Å². The van der Waals surface area contributed by atoms with Crippen molar-refractivity contribution in [1.29, 1.82) is 0 Å². The molecule has 4 saturated carbocycles. The summed E-state index contributed by atoms with van der Waals surface area (Å²) in [6, 6.07) is 0. The molecule has 0 aromatic carbocycles. The van der Waals surface area contributed by atoms with Gasteiger partial charge in [-0.1, -0.05) is 13.8 Å². The minimum atomic E-state index is 0.131. The van der Waals surface area contributed by atoms with Gasteiger partial charge >= 0.3 is 0 Å². The smallest absolute Gasteiger partial charge is 0.222 e. The maximum absolute atomic E-state index is 11.7. The van der Waals surface area contributed by atoms with Crippen molar-refractivity contribution in [2.45, 2.75) is 46.0 Å². The van der Waals surface area contributed by atoms with E-state index in [9.17, 15) is 4.79 Å². The molecule has 0 radical (unpaired) electrons. The normalized spacial score (nSPS) is 43.1. The van der Waals surface area contributed by atoms with Crippen molar-refractivity contribution >= 4 is 5.91 Å². The zero-order valence-corrected chi connectivity index (χ0v) is 11.1. The Balaban J connectivity index is 1.59. The average Bonchev–Trinajstić information content (AvgIpc) is 2.26. The quantitative estimate of drug-likeness (QED) is 0.800. The number of hydrogen-bond donors (Lipinski definition) is 1. The summed E-state index contributed by atoms with van der Waals surface area (Å²) >= 11 is 0. The van der Waals surface area contributed by atoms with Gasteiger partial charge in [0, 0.05) is 12.5 Å². The van der Waals surface area contributed by atoms with Gasteiger partial charge < -0.3 is 5.32 Å². The monoisotopic (exact) mass is 235 g/mol. The van der Waals surface area contributed by atoms with Crippen LogP contribution in [0.15, 0.2) is 0 Å². The fourth-order valence-electron chi connectivity index (χ4n) is 4.79. The van der Waals surface area contributed by atoms with Gasteiger partial charge in [-0.15, -0.1) is 0 Å². The summed E-state index contributed by atoms with van der Waals surface area (Å²) in [6.07, 6.45) is 7.33. The first-order valence-electron chi connectivity index (χ1n) is 7.41. The molecule has 0 spiro atoms. The molecule has 4 bridgehead atoms. The van der Waals surface area contributed by atoms with Crippen LogP contribution in [0.4, 0.5) is 0 Å². The summed E-state index contributed by atoms with van der Waals surface area (Å²) in [5, 5.41) is 3.17. The van der Waals surface area contributed by atoms with Crippen LogP contribution >= 0.6 is 0 Å². The highest BCUT2D eigenvalue weighted by molar-refractivity contribution is 5.77. The number of hydrogen-bond acceptors (Lipinski definition) is 1. The lowest BCUT2D eigenvalue weighted by atomic mass is 9.52. The van der Waals surface area contributed by atoms with Gasteiger partial charge in [0.1, 0.15) is 0 Å². The van der Waals surface area contributed by atoms with Crippen LogP contribution in [0, 0.1) is 35.5 Å². The van der Waals surface area contributed by atoms with E-state index in [1.54, 1.807) is 0 Å². The van der Waals surface area contributed by atoms with Crippen molar-refractivity contribution in [2.75, 3.05) is 6.54 Å². The van der Waals surface area contributed by atoms with Crippen LogP contribution in [0.2, 0.25) is 0 Å². The van der Waals surface area contributed by atoms with Crippen molar-refractivity contribution in [3.8, 4) is 0 Å². The molecule has 4 aliphatic rings. The first kappa shape index (κ1) is 11.6. The molecular formula is C15H25NO. The zero-order valence-electron chi connectivity index (χ0n) is 11.1. The molecule has 0 saturated heterocycles. The number of rotatable bonds is 3. The SMILES string of the molecule is CC(C)C(=O)NCC1C2CC3CC(C2)CC1C3. The molecule has 1 amide bonds. The van der Waals surface area contributed by atoms with Gasteiger partial charge in [0.2, 0.25) is 5.91 Å². The Morgan fingerprint density at radius 3 is 2.06 bits per heavy atom. The number of carbonyl (C=O) groups excluding carboxylic acids is 1. The fraction of sp³-hybridized carbons (Fsp3) is 0.933. The van der Waals surface area contributed by atoms with Gasteiger partial charge in [-0.2, -0.15) is 0 Å². The Hall–Kier alpha value is -0.530. The van der Waals surface area contributed by atoms with Gasteiger partial charge in [0.25, 0.3) is 0 Å². The van der Waals surface area contributed by atoms with E-state index in [-0.39, 0.29) is 11.8 Å². The Morgan fingerprint density at radius 1 is 1.06 bits per heavy atom. The zero-order chi connectivity index (χ0) is 12.0. The fourth-order valence-corrected chi connectivity index (χ4v) is 4.79. The minimum absolute atomic E-state index is 0.131. The molecular weight excluding hydrogens is 210 g/mol. The highest BCUT2D eigenvalue weighted by atomic mass is 16.1. The summed E-state index contributed by atoms with van der Waals surface area (Å²) < 4.78 is 0. The third kappa shape index (κ3) is 2.11. The molecule has 4 aliphatic carbocycles. The molecule has 4 fully saturated rings. The van der Waals surface area contributed by atoms with Crippen LogP contribution in [0.25, 0.3) is 0 Å². The molecule has 96 valence electrons. The molecule has 1 N–H and O–H groups in total. The highest BCUT2D eigenvalue weighted by Crippen LogP contribution is 2.56. The number of carbonyl (C=O) groups is 1. The topological polar surface area (TPSA) is 29.1 Å². The van der Waals surface area contributed by atoms with E-state index in [2.05, 4.69) is 5.32 Å². The Bertz CT molecular complexity index is 282. The first-order chi connectivity index (χ1) is 8.13. The maximum atomic E-state index is 11.7. The van der Waals surface area contributed by atoms with Crippen molar-refractivity contribution < 1.29 is 4.79 Å². The number of nitrogens with one attached hydrogen (secondary N) is 1. The summed E-state index contributed by atoms with van der Waals surface area (Å²) in [5.41, 5.74) is 0. The molecule has 2 nitrogen and oxygen atoms in total. The molecule has 0 aromatic rings. The Kier molecular flexibility index (Phi) is 2.92. The van der Waals surface area contributed by atoms with Gasteiger partial charge in [-0.3, -0.25) is 4.79 Å². The van der Waals surface area contributed by atoms with E-state index in [1.807, 2.05) is 13.8 Å². The van der Waals surface area contributed by atoms with E-state index < -0.39 is 0 Å². The molecule has 17 heavy (non-hydrogen) atoms. The van der Waals surface area contributed by atoms with Crippen LogP contribution in [0.3, 0.4) is 0 Å². The van der Waals surface area contributed by atoms with E-state index in [0.29, 0.717) is 0 Å². The Labute approximate surface area is 105 Å². The predicted octanol–water partition coefficient (Wildman–Crippen LogP) is 2.83. The van der Waals surface area contributed by atoms with Crippen molar-refractivity contribution in [3.63, 3.8) is 0 Å². The molecule has 0 heterocycles. The Morgan fingerprint density at radius 2 is 1.59 bits per heavy atom. The van der Waals surface area contributed by atoms with E-state index >= 15 is 0 Å². The first-order valence-corrected chi connectivity index (χ1v) is 7.41. The molecule has 2 heteroatoms. The second-order valence-electron chi connectivity index (χ2n) is 6.99. The van der Waals surface area contributed by atoms with Gasteiger partial charge in [0.15, 0.2) is 0 Å². The van der Waals surface area contributed by atoms with Crippen molar-refractivity contribution in [3.05, 3.63) is 0 Å². The average molecular weight is 235 g/mol. The number of amides is 1. The lowest BCUT2D eigenvalue weighted by Crippen LogP contribution is -2.49. The van der Waals surface area contributed by atoms with E-state index in [0.717, 1.165) is 36.1 Å². The third-order valence-electron chi connectivity index (χ3n) is 5.46. The summed E-state index contributed by atoms with van der Waals surface area (Å²) in [6.45, 7) is 4.91.